The highest BCUT2D eigenvalue weighted by Crippen LogP contribution is 2.37. The molecule has 0 bridgehead atoms. The van der Waals surface area contributed by atoms with E-state index in [9.17, 15) is 17.6 Å². The van der Waals surface area contributed by atoms with Gasteiger partial charge in [0.05, 0.1) is 19.3 Å². The zero-order valence-corrected chi connectivity index (χ0v) is 19.4. The fourth-order valence-electron chi connectivity index (χ4n) is 4.38. The van der Waals surface area contributed by atoms with Crippen LogP contribution in [0.4, 0.5) is 22.0 Å². The third-order valence-corrected chi connectivity index (χ3v) is 6.19. The van der Waals surface area contributed by atoms with Crippen molar-refractivity contribution in [2.24, 2.45) is 0 Å². The molecule has 0 saturated carbocycles. The summed E-state index contributed by atoms with van der Waals surface area (Å²) in [5.74, 6) is -6.43. The van der Waals surface area contributed by atoms with Crippen LogP contribution in [0.25, 0.3) is 22.3 Å². The van der Waals surface area contributed by atoms with Crippen molar-refractivity contribution in [1.29, 1.82) is 0 Å². The minimum Gasteiger partial charge on any atom is -0.491 e. The van der Waals surface area contributed by atoms with Crippen LogP contribution < -0.4 is 4.74 Å². The molecule has 35 heavy (non-hydrogen) atoms. The van der Waals surface area contributed by atoms with Gasteiger partial charge in [0, 0.05) is 28.2 Å². The molecular formula is C28H25F5O2. The number of hydrogen-bond acceptors (Lipinski definition) is 2. The van der Waals surface area contributed by atoms with Gasteiger partial charge in [0.25, 0.3) is 0 Å². The van der Waals surface area contributed by atoms with Crippen LogP contribution >= 0.6 is 0 Å². The third-order valence-electron chi connectivity index (χ3n) is 6.19. The Bertz CT molecular complexity index is 1250. The third kappa shape index (κ3) is 4.96. The summed E-state index contributed by atoms with van der Waals surface area (Å²) in [5, 5.41) is 0. The van der Waals surface area contributed by atoms with Crippen LogP contribution in [0.15, 0.2) is 54.6 Å². The van der Waals surface area contributed by atoms with E-state index in [-0.39, 0.29) is 35.5 Å². The van der Waals surface area contributed by atoms with Gasteiger partial charge in [0.1, 0.15) is 5.82 Å². The summed E-state index contributed by atoms with van der Waals surface area (Å²) in [6.07, 6.45) is 5.58. The van der Waals surface area contributed by atoms with Crippen LogP contribution in [-0.4, -0.2) is 19.3 Å². The molecule has 1 saturated heterocycles. The molecule has 2 nitrogen and oxygen atoms in total. The van der Waals surface area contributed by atoms with Gasteiger partial charge in [0.15, 0.2) is 23.2 Å². The second-order valence-corrected chi connectivity index (χ2v) is 8.37. The molecule has 3 aromatic rings. The summed E-state index contributed by atoms with van der Waals surface area (Å²) >= 11 is 0. The molecule has 4 rings (SSSR count). The van der Waals surface area contributed by atoms with Gasteiger partial charge >= 0.3 is 0 Å². The highest BCUT2D eigenvalue weighted by molar-refractivity contribution is 5.73. The Kier molecular flexibility index (Phi) is 7.55. The summed E-state index contributed by atoms with van der Waals surface area (Å²) in [4.78, 5) is 0. The monoisotopic (exact) mass is 488 g/mol. The maximum atomic E-state index is 15.0. The highest BCUT2D eigenvalue weighted by atomic mass is 19.2. The maximum Gasteiger partial charge on any atom is 0.201 e. The Hall–Kier alpha value is -3.19. The molecule has 0 aromatic heterocycles. The summed E-state index contributed by atoms with van der Waals surface area (Å²) in [7, 11) is 0. The van der Waals surface area contributed by atoms with Crippen molar-refractivity contribution >= 4 is 0 Å². The van der Waals surface area contributed by atoms with E-state index in [1.54, 1.807) is 13.0 Å². The van der Waals surface area contributed by atoms with Gasteiger partial charge in [-0.15, -0.1) is 0 Å². The number of allylic oxidation sites excluding steroid dienone is 1. The molecule has 7 heteroatoms. The van der Waals surface area contributed by atoms with E-state index in [0.717, 1.165) is 42.7 Å². The summed E-state index contributed by atoms with van der Waals surface area (Å²) in [6.45, 7) is 4.08. The molecule has 3 aromatic carbocycles. The predicted molar refractivity (Wildman–Crippen MR) is 125 cm³/mol. The number of benzene rings is 3. The molecule has 1 aliphatic rings. The van der Waals surface area contributed by atoms with Crippen LogP contribution in [0.2, 0.25) is 0 Å². The fraction of sp³-hybridized carbons (Fsp3) is 0.286. The second kappa shape index (κ2) is 10.6. The Morgan fingerprint density at radius 1 is 0.829 bits per heavy atom. The molecule has 1 heterocycles. The van der Waals surface area contributed by atoms with Crippen molar-refractivity contribution < 1.29 is 31.4 Å². The molecule has 0 radical (unpaired) electrons. The van der Waals surface area contributed by atoms with Gasteiger partial charge < -0.3 is 9.47 Å². The van der Waals surface area contributed by atoms with Gasteiger partial charge in [-0.1, -0.05) is 36.4 Å². The van der Waals surface area contributed by atoms with Gasteiger partial charge in [-0.3, -0.25) is 0 Å². The number of halogens is 5. The van der Waals surface area contributed by atoms with E-state index < -0.39 is 40.2 Å². The molecule has 0 spiro atoms. The van der Waals surface area contributed by atoms with E-state index in [1.807, 2.05) is 19.1 Å². The smallest absolute Gasteiger partial charge is 0.201 e. The molecule has 1 aliphatic heterocycles. The molecule has 184 valence electrons. The topological polar surface area (TPSA) is 18.5 Å². The number of ether oxygens (including phenoxy) is 2. The molecule has 2 unspecified atom stereocenters. The van der Waals surface area contributed by atoms with Crippen LogP contribution in [0, 0.1) is 29.1 Å². The van der Waals surface area contributed by atoms with Crippen LogP contribution in [-0.2, 0) is 4.74 Å². The summed E-state index contributed by atoms with van der Waals surface area (Å²) in [5.41, 5.74) is -0.653. The van der Waals surface area contributed by atoms with Crippen molar-refractivity contribution in [3.8, 4) is 28.0 Å². The van der Waals surface area contributed by atoms with Crippen molar-refractivity contribution in [3.63, 3.8) is 0 Å². The minimum atomic E-state index is -1.40. The number of hydrogen-bond donors (Lipinski definition) is 0. The molecular weight excluding hydrogens is 463 g/mol. The summed E-state index contributed by atoms with van der Waals surface area (Å²) < 4.78 is 84.5. The quantitative estimate of drug-likeness (QED) is 0.259. The Morgan fingerprint density at radius 2 is 1.43 bits per heavy atom. The largest absolute Gasteiger partial charge is 0.491 e. The first-order valence-corrected chi connectivity index (χ1v) is 11.5. The minimum absolute atomic E-state index is 0.00143. The normalized spacial score (nSPS) is 18.3. The Labute approximate surface area is 201 Å². The van der Waals surface area contributed by atoms with Crippen molar-refractivity contribution in [2.75, 3.05) is 13.2 Å². The van der Waals surface area contributed by atoms with E-state index in [2.05, 4.69) is 0 Å². The van der Waals surface area contributed by atoms with E-state index >= 15 is 4.39 Å². The van der Waals surface area contributed by atoms with Crippen molar-refractivity contribution in [3.05, 3.63) is 89.3 Å². The maximum absolute atomic E-state index is 15.0. The predicted octanol–water partition coefficient (Wildman–Crippen LogP) is 7.95. The lowest BCUT2D eigenvalue weighted by Crippen LogP contribution is -2.23. The zero-order chi connectivity index (χ0) is 25.1. The van der Waals surface area contributed by atoms with E-state index in [1.165, 1.54) is 12.1 Å². The van der Waals surface area contributed by atoms with Gasteiger partial charge in [-0.05, 0) is 50.5 Å². The molecule has 1 fully saturated rings. The molecule has 0 amide bonds. The zero-order valence-electron chi connectivity index (χ0n) is 19.4. The first kappa shape index (κ1) is 24.9. The Balaban J connectivity index is 1.62. The van der Waals surface area contributed by atoms with Crippen molar-refractivity contribution in [1.82, 2.24) is 0 Å². The Morgan fingerprint density at radius 3 is 2.00 bits per heavy atom. The molecule has 2 atom stereocenters. The van der Waals surface area contributed by atoms with Gasteiger partial charge in [-0.2, -0.15) is 4.39 Å². The van der Waals surface area contributed by atoms with E-state index in [0.29, 0.717) is 6.61 Å². The lowest BCUT2D eigenvalue weighted by atomic mass is 9.89. The molecule has 0 N–H and O–H groups in total. The standard InChI is InChI=1S/C28H25F5O2/c1-3-5-18-8-6-17(15-35-18)16-7-9-19(23(29)14-16)20-10-11-21(26(31)25(20)30)22-12-13-24(34-4-2)28(33)27(22)32/h3,5,7,9-14,17-18H,4,6,8,15H2,1-2H3/b5-3+. The number of rotatable bonds is 6. The first-order valence-electron chi connectivity index (χ1n) is 11.5. The fourth-order valence-corrected chi connectivity index (χ4v) is 4.38. The van der Waals surface area contributed by atoms with E-state index in [4.69, 9.17) is 9.47 Å². The average molecular weight is 488 g/mol. The average Bonchev–Trinajstić information content (AvgIpc) is 2.85. The lowest BCUT2D eigenvalue weighted by molar-refractivity contribution is 0.0326. The first-order chi connectivity index (χ1) is 16.8. The van der Waals surface area contributed by atoms with Gasteiger partial charge in [-0.25, -0.2) is 17.6 Å². The van der Waals surface area contributed by atoms with Crippen LogP contribution in [0.5, 0.6) is 5.75 Å². The van der Waals surface area contributed by atoms with Crippen LogP contribution in [0.1, 0.15) is 38.2 Å². The van der Waals surface area contributed by atoms with Crippen LogP contribution in [0.3, 0.4) is 0 Å². The van der Waals surface area contributed by atoms with Crippen molar-refractivity contribution in [2.45, 2.75) is 38.7 Å². The summed E-state index contributed by atoms with van der Waals surface area (Å²) in [6, 6.07) is 8.92. The highest BCUT2D eigenvalue weighted by Gasteiger charge is 2.25. The molecule has 0 aliphatic carbocycles. The lowest BCUT2D eigenvalue weighted by Gasteiger charge is -2.28. The SMILES string of the molecule is C/C=C/C1CCC(c2ccc(-c3ccc(-c4ccc(OCC)c(F)c4F)c(F)c3F)c(F)c2)CO1. The van der Waals surface area contributed by atoms with Gasteiger partial charge in [0.2, 0.25) is 5.82 Å². The second-order valence-electron chi connectivity index (χ2n) is 8.37.